The van der Waals surface area contributed by atoms with Gasteiger partial charge in [-0.25, -0.2) is 4.98 Å². The molecule has 1 aromatic heterocycles. The van der Waals surface area contributed by atoms with Crippen LogP contribution in [-0.2, 0) is 13.0 Å². The first-order chi connectivity index (χ1) is 13.2. The quantitative estimate of drug-likeness (QED) is 0.602. The van der Waals surface area contributed by atoms with E-state index in [2.05, 4.69) is 36.2 Å². The van der Waals surface area contributed by atoms with Crippen molar-refractivity contribution >= 4 is 11.7 Å². The molecule has 0 fully saturated rings. The highest BCUT2D eigenvalue weighted by Gasteiger charge is 2.22. The van der Waals surface area contributed by atoms with Gasteiger partial charge in [0.25, 0.3) is 5.91 Å². The fourth-order valence-electron chi connectivity index (χ4n) is 2.90. The van der Waals surface area contributed by atoms with E-state index in [9.17, 15) is 4.79 Å². The molecular formula is C23H24N2O2. The first kappa shape index (κ1) is 18.6. The normalized spacial score (nSPS) is 10.4. The highest BCUT2D eigenvalue weighted by atomic mass is 16.5. The van der Waals surface area contributed by atoms with Crippen molar-refractivity contribution in [1.82, 2.24) is 4.98 Å². The minimum atomic E-state index is -0.127. The van der Waals surface area contributed by atoms with Gasteiger partial charge in [-0.2, -0.15) is 0 Å². The van der Waals surface area contributed by atoms with Crippen LogP contribution in [0.3, 0.4) is 0 Å². The first-order valence-electron chi connectivity index (χ1n) is 9.25. The van der Waals surface area contributed by atoms with Crippen LogP contribution in [0.1, 0.15) is 35.3 Å². The van der Waals surface area contributed by atoms with Crippen LogP contribution in [0.5, 0.6) is 5.75 Å². The summed E-state index contributed by atoms with van der Waals surface area (Å²) >= 11 is 0. The van der Waals surface area contributed by atoms with Crippen molar-refractivity contribution in [3.8, 4) is 5.75 Å². The van der Waals surface area contributed by atoms with Crippen molar-refractivity contribution < 1.29 is 9.53 Å². The summed E-state index contributed by atoms with van der Waals surface area (Å²) < 4.78 is 5.66. The molecule has 0 aliphatic rings. The maximum atomic E-state index is 13.4. The molecule has 0 radical (unpaired) electrons. The number of hydrogen-bond acceptors (Lipinski definition) is 3. The third-order valence-corrected chi connectivity index (χ3v) is 4.36. The zero-order valence-electron chi connectivity index (χ0n) is 15.8. The predicted octanol–water partition coefficient (Wildman–Crippen LogP) is 4.89. The largest absolute Gasteiger partial charge is 0.493 e. The third kappa shape index (κ3) is 4.53. The fourth-order valence-corrected chi connectivity index (χ4v) is 2.90. The van der Waals surface area contributed by atoms with E-state index in [0.717, 1.165) is 12.0 Å². The summed E-state index contributed by atoms with van der Waals surface area (Å²) in [6, 6.07) is 21.3. The number of carbonyl (C=O) groups excluding carboxylic acids is 1. The van der Waals surface area contributed by atoms with Crippen molar-refractivity contribution in [2.45, 2.75) is 26.8 Å². The van der Waals surface area contributed by atoms with E-state index in [0.29, 0.717) is 30.3 Å². The zero-order chi connectivity index (χ0) is 19.1. The topological polar surface area (TPSA) is 42.4 Å². The van der Waals surface area contributed by atoms with Crippen LogP contribution in [-0.4, -0.2) is 17.5 Å². The Labute approximate surface area is 160 Å². The van der Waals surface area contributed by atoms with E-state index >= 15 is 0 Å². The van der Waals surface area contributed by atoms with Gasteiger partial charge in [0.1, 0.15) is 11.6 Å². The Hall–Kier alpha value is -3.14. The number of aromatic nitrogens is 1. The minimum Gasteiger partial charge on any atom is -0.493 e. The summed E-state index contributed by atoms with van der Waals surface area (Å²) in [5.74, 6) is 1.08. The Morgan fingerprint density at radius 2 is 1.63 bits per heavy atom. The van der Waals surface area contributed by atoms with Crippen LogP contribution in [0.2, 0.25) is 0 Å². The van der Waals surface area contributed by atoms with Gasteiger partial charge in [0.2, 0.25) is 0 Å². The van der Waals surface area contributed by atoms with Gasteiger partial charge in [0, 0.05) is 6.20 Å². The average molecular weight is 360 g/mol. The van der Waals surface area contributed by atoms with Crippen molar-refractivity contribution in [3.63, 3.8) is 0 Å². The number of rotatable bonds is 7. The Kier molecular flexibility index (Phi) is 6.21. The van der Waals surface area contributed by atoms with Crippen molar-refractivity contribution in [2.75, 3.05) is 11.5 Å². The van der Waals surface area contributed by atoms with Gasteiger partial charge >= 0.3 is 0 Å². The Balaban J connectivity index is 1.96. The molecule has 0 bridgehead atoms. The van der Waals surface area contributed by atoms with E-state index < -0.39 is 0 Å². The van der Waals surface area contributed by atoms with Crippen LogP contribution in [0, 0.1) is 0 Å². The van der Waals surface area contributed by atoms with Gasteiger partial charge in [0.05, 0.1) is 18.7 Å². The first-order valence-corrected chi connectivity index (χ1v) is 9.25. The second-order valence-electron chi connectivity index (χ2n) is 6.18. The number of hydrogen-bond donors (Lipinski definition) is 0. The van der Waals surface area contributed by atoms with Crippen LogP contribution in [0.25, 0.3) is 0 Å². The predicted molar refractivity (Wildman–Crippen MR) is 108 cm³/mol. The third-order valence-electron chi connectivity index (χ3n) is 4.36. The lowest BCUT2D eigenvalue weighted by molar-refractivity contribution is 0.0980. The van der Waals surface area contributed by atoms with Crippen LogP contribution in [0.4, 0.5) is 5.82 Å². The lowest BCUT2D eigenvalue weighted by atomic mass is 10.1. The van der Waals surface area contributed by atoms with Gasteiger partial charge in [0.15, 0.2) is 0 Å². The maximum absolute atomic E-state index is 13.4. The molecule has 0 N–H and O–H groups in total. The monoisotopic (exact) mass is 360 g/mol. The molecule has 0 saturated heterocycles. The van der Waals surface area contributed by atoms with Crippen LogP contribution >= 0.6 is 0 Å². The number of carbonyl (C=O) groups is 1. The summed E-state index contributed by atoms with van der Waals surface area (Å²) in [5.41, 5.74) is 2.87. The summed E-state index contributed by atoms with van der Waals surface area (Å²) in [6.07, 6.45) is 2.69. The van der Waals surface area contributed by atoms with Crippen molar-refractivity contribution in [3.05, 3.63) is 89.6 Å². The number of para-hydroxylation sites is 1. The van der Waals surface area contributed by atoms with E-state index in [4.69, 9.17) is 4.74 Å². The molecule has 27 heavy (non-hydrogen) atoms. The Bertz CT molecular complexity index is 876. The van der Waals surface area contributed by atoms with Gasteiger partial charge in [-0.05, 0) is 48.7 Å². The molecule has 1 heterocycles. The lowest BCUT2D eigenvalue weighted by Gasteiger charge is -2.23. The minimum absolute atomic E-state index is 0.127. The summed E-state index contributed by atoms with van der Waals surface area (Å²) in [7, 11) is 0. The van der Waals surface area contributed by atoms with Crippen molar-refractivity contribution in [2.24, 2.45) is 0 Å². The molecule has 3 aromatic rings. The number of amides is 1. The van der Waals surface area contributed by atoms with E-state index in [-0.39, 0.29) is 5.91 Å². The Morgan fingerprint density at radius 3 is 2.30 bits per heavy atom. The number of anilines is 1. The molecule has 0 aliphatic carbocycles. The molecule has 0 atom stereocenters. The molecule has 4 heteroatoms. The second kappa shape index (κ2) is 8.99. The molecule has 0 saturated carbocycles. The van der Waals surface area contributed by atoms with E-state index in [1.54, 1.807) is 17.2 Å². The maximum Gasteiger partial charge on any atom is 0.263 e. The van der Waals surface area contributed by atoms with E-state index in [1.807, 2.05) is 43.3 Å². The van der Waals surface area contributed by atoms with Crippen LogP contribution < -0.4 is 9.64 Å². The molecule has 1 amide bonds. The van der Waals surface area contributed by atoms with Gasteiger partial charge in [-0.15, -0.1) is 0 Å². The second-order valence-corrected chi connectivity index (χ2v) is 6.18. The number of aryl methyl sites for hydroxylation is 1. The molecule has 0 aliphatic heterocycles. The number of pyridine rings is 1. The zero-order valence-corrected chi connectivity index (χ0v) is 15.8. The molecule has 0 spiro atoms. The van der Waals surface area contributed by atoms with Gasteiger partial charge in [-0.3, -0.25) is 9.69 Å². The number of ether oxygens (including phenoxy) is 1. The molecular weight excluding hydrogens is 336 g/mol. The summed E-state index contributed by atoms with van der Waals surface area (Å²) in [5, 5.41) is 0. The summed E-state index contributed by atoms with van der Waals surface area (Å²) in [6.45, 7) is 4.99. The van der Waals surface area contributed by atoms with Gasteiger partial charge in [-0.1, -0.05) is 49.4 Å². The average Bonchev–Trinajstić information content (AvgIpc) is 2.73. The highest BCUT2D eigenvalue weighted by molar-refractivity contribution is 6.07. The molecule has 0 unspecified atom stereocenters. The molecule has 3 rings (SSSR count). The van der Waals surface area contributed by atoms with Crippen LogP contribution in [0.15, 0.2) is 72.9 Å². The Morgan fingerprint density at radius 1 is 0.926 bits per heavy atom. The van der Waals surface area contributed by atoms with E-state index in [1.165, 1.54) is 5.56 Å². The highest BCUT2D eigenvalue weighted by Crippen LogP contribution is 2.24. The molecule has 2 aromatic carbocycles. The number of benzene rings is 2. The lowest BCUT2D eigenvalue weighted by Crippen LogP contribution is -2.31. The summed E-state index contributed by atoms with van der Waals surface area (Å²) in [4.78, 5) is 19.5. The number of nitrogens with zero attached hydrogens (tertiary/aromatic N) is 2. The molecule has 138 valence electrons. The molecule has 4 nitrogen and oxygen atoms in total. The van der Waals surface area contributed by atoms with Gasteiger partial charge < -0.3 is 4.74 Å². The fraction of sp³-hybridized carbons (Fsp3) is 0.217. The standard InChI is InChI=1S/C23H24N2O2/c1-3-18-12-14-19(15-13-18)17-25(22-11-7-8-16-24-22)23(26)20-9-5-6-10-21(20)27-4-2/h5-16H,3-4,17H2,1-2H3. The SMILES string of the molecule is CCOc1ccccc1C(=O)N(Cc1ccc(CC)cc1)c1ccccn1. The van der Waals surface area contributed by atoms with Crippen molar-refractivity contribution in [1.29, 1.82) is 0 Å². The smallest absolute Gasteiger partial charge is 0.263 e.